The van der Waals surface area contributed by atoms with Crippen molar-refractivity contribution >= 4 is 17.5 Å². The van der Waals surface area contributed by atoms with Crippen LogP contribution in [0, 0.1) is 17.2 Å². The third-order valence-corrected chi connectivity index (χ3v) is 9.15. The zero-order valence-electron chi connectivity index (χ0n) is 26.0. The Morgan fingerprint density at radius 2 is 1.76 bits per heavy atom. The maximum Gasteiger partial charge on any atom is 0.282 e. The number of ether oxygens (including phenoxy) is 3. The third kappa shape index (κ3) is 6.70. The molecule has 0 bridgehead atoms. The highest BCUT2D eigenvalue weighted by Gasteiger charge is 2.46. The summed E-state index contributed by atoms with van der Waals surface area (Å²) in [6, 6.07) is 5.74. The first-order valence-corrected chi connectivity index (χ1v) is 15.5. The number of aromatic nitrogens is 5. The Balaban J connectivity index is 0.998. The van der Waals surface area contributed by atoms with Crippen LogP contribution in [0.1, 0.15) is 43.0 Å². The third-order valence-electron chi connectivity index (χ3n) is 9.15. The number of anilines is 2. The van der Waals surface area contributed by atoms with Crippen molar-refractivity contribution < 1.29 is 23.4 Å². The van der Waals surface area contributed by atoms with Crippen LogP contribution >= 0.6 is 0 Å². The topological polar surface area (TPSA) is 131 Å². The molecule has 1 N–H and O–H groups in total. The number of carbonyl (C=O) groups is 1. The average molecular weight is 622 g/mol. The lowest BCUT2D eigenvalue weighted by atomic mass is 9.72. The van der Waals surface area contributed by atoms with Crippen LogP contribution in [0.15, 0.2) is 30.6 Å². The van der Waals surface area contributed by atoms with Crippen molar-refractivity contribution in [1.29, 1.82) is 0 Å². The summed E-state index contributed by atoms with van der Waals surface area (Å²) in [6.45, 7) is 9.08. The number of hydrogen-bond acceptors (Lipinski definition) is 12. The summed E-state index contributed by atoms with van der Waals surface area (Å²) >= 11 is 0. The molecule has 1 amide bonds. The predicted octanol–water partition coefficient (Wildman–Crippen LogP) is 3.18. The Labute approximate surface area is 262 Å². The van der Waals surface area contributed by atoms with Gasteiger partial charge in [0.2, 0.25) is 0 Å². The minimum absolute atomic E-state index is 0.0983. The number of nitrogens with one attached hydrogen (secondary N) is 1. The van der Waals surface area contributed by atoms with Crippen molar-refractivity contribution in [3.63, 3.8) is 0 Å². The Morgan fingerprint density at radius 3 is 2.47 bits per heavy atom. The Morgan fingerprint density at radius 1 is 0.978 bits per heavy atom. The normalized spacial score (nSPS) is 18.4. The maximum absolute atomic E-state index is 13.9. The quantitative estimate of drug-likeness (QED) is 0.357. The number of benzene rings is 1. The van der Waals surface area contributed by atoms with Crippen molar-refractivity contribution in [1.82, 2.24) is 35.6 Å². The molecule has 13 nitrogen and oxygen atoms in total. The number of hydrogen-bond donors (Lipinski definition) is 1. The molecule has 0 radical (unpaired) electrons. The van der Waals surface area contributed by atoms with Crippen LogP contribution in [0.2, 0.25) is 0 Å². The number of rotatable bonds is 10. The Hall–Kier alpha value is -4.33. The first kappa shape index (κ1) is 30.7. The van der Waals surface area contributed by atoms with E-state index >= 15 is 0 Å². The fraction of sp³-hybridized carbons (Fsp3) is 0.548. The molecule has 0 aliphatic carbocycles. The van der Waals surface area contributed by atoms with Gasteiger partial charge in [-0.05, 0) is 69.8 Å². The lowest BCUT2D eigenvalue weighted by molar-refractivity contribution is 0.0640. The molecular formula is C31H40FN9O4. The van der Waals surface area contributed by atoms with Crippen LogP contribution in [0.5, 0.6) is 23.3 Å². The van der Waals surface area contributed by atoms with Crippen molar-refractivity contribution in [3.8, 4) is 23.3 Å². The second-order valence-corrected chi connectivity index (χ2v) is 12.1. The van der Waals surface area contributed by atoms with Gasteiger partial charge in [0.05, 0.1) is 19.8 Å². The van der Waals surface area contributed by atoms with E-state index in [1.807, 2.05) is 6.07 Å². The number of likely N-dealkylation sites (tertiary alicyclic amines) is 1. The van der Waals surface area contributed by atoms with Gasteiger partial charge in [-0.25, -0.2) is 9.37 Å². The van der Waals surface area contributed by atoms with Crippen molar-refractivity contribution in [3.05, 3.63) is 42.0 Å². The van der Waals surface area contributed by atoms with E-state index in [1.165, 1.54) is 18.5 Å². The molecule has 3 aliphatic rings. The molecule has 0 unspecified atom stereocenters. The average Bonchev–Trinajstić information content (AvgIpc) is 3.05. The van der Waals surface area contributed by atoms with Gasteiger partial charge in [-0.15, -0.1) is 20.4 Å². The molecule has 3 fully saturated rings. The number of halogens is 1. The molecule has 240 valence electrons. The predicted molar refractivity (Wildman–Crippen MR) is 165 cm³/mol. The zero-order valence-corrected chi connectivity index (χ0v) is 26.0. The number of nitrogens with zero attached hydrogens (tertiary/aromatic N) is 8. The molecule has 0 atom stereocenters. The standard InChI is InChI=1S/C31H40FN9O4/c1-4-33-28(42)23-15-22(32)5-6-24(23)45-30-27(34-20-35-37-30)41-18-31(19-41)9-13-39(14-10-31)17-21-7-11-40(12-8-21)26-16-25(43-2)29(44-3)38-36-26/h5-6,15-16,20-21H,4,7-14,17-19H2,1-3H3,(H,33,42). The minimum atomic E-state index is -0.521. The Kier molecular flexibility index (Phi) is 9.10. The lowest BCUT2D eigenvalue weighted by Crippen LogP contribution is -2.61. The van der Waals surface area contributed by atoms with E-state index in [9.17, 15) is 9.18 Å². The van der Waals surface area contributed by atoms with Gasteiger partial charge in [0.25, 0.3) is 17.7 Å². The summed E-state index contributed by atoms with van der Waals surface area (Å²) in [5, 5.41) is 19.3. The fourth-order valence-corrected chi connectivity index (χ4v) is 6.62. The van der Waals surface area contributed by atoms with E-state index in [4.69, 9.17) is 14.2 Å². The van der Waals surface area contributed by atoms with E-state index in [1.54, 1.807) is 21.1 Å². The second kappa shape index (κ2) is 13.3. The van der Waals surface area contributed by atoms with Gasteiger partial charge in [-0.1, -0.05) is 0 Å². The van der Waals surface area contributed by atoms with E-state index in [-0.39, 0.29) is 22.6 Å². The summed E-state index contributed by atoms with van der Waals surface area (Å²) in [7, 11) is 3.17. The molecular weight excluding hydrogens is 581 g/mol. The summed E-state index contributed by atoms with van der Waals surface area (Å²) in [4.78, 5) is 24.0. The second-order valence-electron chi connectivity index (χ2n) is 12.1. The fourth-order valence-electron chi connectivity index (χ4n) is 6.62. The SMILES string of the molecule is CCNC(=O)c1cc(F)ccc1Oc1nncnc1N1CC2(CCN(CC3CCN(c4cc(OC)c(OC)nn4)CC3)CC2)C1. The zero-order chi connectivity index (χ0) is 31.4. The van der Waals surface area contributed by atoms with Crippen molar-refractivity contribution in [2.45, 2.75) is 32.6 Å². The molecule has 6 rings (SSSR count). The lowest BCUT2D eigenvalue weighted by Gasteiger charge is -2.54. The number of carbonyl (C=O) groups excluding carboxylic acids is 1. The van der Waals surface area contributed by atoms with Crippen LogP contribution in [0.25, 0.3) is 0 Å². The van der Waals surface area contributed by atoms with Crippen molar-refractivity contribution in [2.75, 3.05) is 76.4 Å². The van der Waals surface area contributed by atoms with E-state index < -0.39 is 11.7 Å². The molecule has 45 heavy (non-hydrogen) atoms. The molecule has 0 saturated carbocycles. The monoisotopic (exact) mass is 621 g/mol. The molecule has 1 spiro atoms. The van der Waals surface area contributed by atoms with Gasteiger partial charge < -0.3 is 34.2 Å². The van der Waals surface area contributed by atoms with E-state index in [0.29, 0.717) is 29.9 Å². The van der Waals surface area contributed by atoms with Gasteiger partial charge >= 0.3 is 0 Å². The molecule has 3 aliphatic heterocycles. The molecule has 5 heterocycles. The largest absolute Gasteiger partial charge is 0.491 e. The van der Waals surface area contributed by atoms with Crippen LogP contribution < -0.4 is 29.3 Å². The van der Waals surface area contributed by atoms with Gasteiger partial charge in [0.1, 0.15) is 17.9 Å². The molecule has 3 aromatic rings. The van der Waals surface area contributed by atoms with Gasteiger partial charge in [-0.3, -0.25) is 4.79 Å². The highest BCUT2D eigenvalue weighted by Crippen LogP contribution is 2.44. The summed E-state index contributed by atoms with van der Waals surface area (Å²) in [6.07, 6.45) is 5.87. The summed E-state index contributed by atoms with van der Waals surface area (Å²) in [5.74, 6) is 2.52. The molecule has 2 aromatic heterocycles. The number of methoxy groups -OCH3 is 2. The van der Waals surface area contributed by atoms with E-state index in [0.717, 1.165) is 83.4 Å². The van der Waals surface area contributed by atoms with Crippen LogP contribution in [-0.2, 0) is 0 Å². The Bertz CT molecular complexity index is 1490. The highest BCUT2D eigenvalue weighted by atomic mass is 19.1. The van der Waals surface area contributed by atoms with E-state index in [2.05, 4.69) is 45.4 Å². The van der Waals surface area contributed by atoms with Crippen molar-refractivity contribution in [2.24, 2.45) is 11.3 Å². The van der Waals surface area contributed by atoms with Crippen LogP contribution in [0.3, 0.4) is 0 Å². The molecule has 3 saturated heterocycles. The van der Waals surface area contributed by atoms with Crippen LogP contribution in [0.4, 0.5) is 16.0 Å². The van der Waals surface area contributed by atoms with Gasteiger partial charge in [0.15, 0.2) is 17.4 Å². The first-order valence-electron chi connectivity index (χ1n) is 15.5. The van der Waals surface area contributed by atoms with Crippen LogP contribution in [-0.4, -0.2) is 103 Å². The van der Waals surface area contributed by atoms with Gasteiger partial charge in [0, 0.05) is 50.7 Å². The summed E-state index contributed by atoms with van der Waals surface area (Å²) < 4.78 is 30.6. The summed E-state index contributed by atoms with van der Waals surface area (Å²) in [5.41, 5.74) is 0.331. The highest BCUT2D eigenvalue weighted by molar-refractivity contribution is 5.97. The molecule has 1 aromatic carbocycles. The maximum atomic E-state index is 13.9. The molecule has 14 heteroatoms. The number of piperidine rings is 2. The van der Waals surface area contributed by atoms with Gasteiger partial charge in [-0.2, -0.15) is 0 Å². The first-order chi connectivity index (χ1) is 21.9. The number of amides is 1. The smallest absolute Gasteiger partial charge is 0.282 e. The minimum Gasteiger partial charge on any atom is -0.491 e.